The van der Waals surface area contributed by atoms with Gasteiger partial charge in [0.2, 0.25) is 11.8 Å². The Kier molecular flexibility index (Phi) is 6.27. The van der Waals surface area contributed by atoms with Crippen LogP contribution in [0.1, 0.15) is 41.7 Å². The predicted molar refractivity (Wildman–Crippen MR) is 126 cm³/mol. The average molecular weight is 504 g/mol. The van der Waals surface area contributed by atoms with Crippen LogP contribution in [0.5, 0.6) is 5.75 Å². The molecule has 0 spiro atoms. The van der Waals surface area contributed by atoms with Gasteiger partial charge < -0.3 is 10.1 Å². The Labute approximate surface area is 204 Å². The zero-order valence-electron chi connectivity index (χ0n) is 19.1. The highest BCUT2D eigenvalue weighted by atomic mass is 32.1. The molecule has 2 aliphatic heterocycles. The maximum atomic E-state index is 13.7. The number of aromatic nitrogens is 1. The van der Waals surface area contributed by atoms with Gasteiger partial charge in [-0.1, -0.05) is 0 Å². The van der Waals surface area contributed by atoms with Crippen molar-refractivity contribution < 1.29 is 27.5 Å². The van der Waals surface area contributed by atoms with Gasteiger partial charge in [-0.2, -0.15) is 13.2 Å². The first-order valence-electron chi connectivity index (χ1n) is 11.5. The lowest BCUT2D eigenvalue weighted by Gasteiger charge is -2.27. The lowest BCUT2D eigenvalue weighted by Crippen LogP contribution is -2.37. The normalized spacial score (nSPS) is 19.1. The van der Waals surface area contributed by atoms with Gasteiger partial charge in [0.15, 0.2) is 0 Å². The fourth-order valence-electron chi connectivity index (χ4n) is 4.61. The number of thiophene rings is 1. The molecule has 184 valence electrons. The molecule has 6 nitrogen and oxygen atoms in total. The van der Waals surface area contributed by atoms with E-state index in [-0.39, 0.29) is 37.3 Å². The third kappa shape index (κ3) is 4.77. The van der Waals surface area contributed by atoms with E-state index >= 15 is 0 Å². The zero-order valence-corrected chi connectivity index (χ0v) is 19.9. The summed E-state index contributed by atoms with van der Waals surface area (Å²) in [4.78, 5) is 30.5. The molecule has 2 fully saturated rings. The number of pyridine rings is 1. The lowest BCUT2D eigenvalue weighted by molar-refractivity contribution is -0.139. The van der Waals surface area contributed by atoms with Crippen molar-refractivity contribution in [3.05, 3.63) is 46.5 Å². The number of hydrogen-bond donors (Lipinski definition) is 1. The van der Waals surface area contributed by atoms with Crippen LogP contribution in [0, 0.1) is 6.92 Å². The number of alkyl halides is 3. The minimum atomic E-state index is -4.51. The minimum Gasteiger partial charge on any atom is -0.488 e. The molecule has 1 atom stereocenters. The van der Waals surface area contributed by atoms with Crippen molar-refractivity contribution in [2.75, 3.05) is 13.1 Å². The number of carbonyl (C=O) groups excluding carboxylic acids is 2. The molecule has 0 aliphatic carbocycles. The Morgan fingerprint density at radius 3 is 2.63 bits per heavy atom. The van der Waals surface area contributed by atoms with Crippen molar-refractivity contribution in [2.24, 2.45) is 0 Å². The first-order valence-corrected chi connectivity index (χ1v) is 12.3. The molecule has 2 aromatic heterocycles. The molecule has 0 radical (unpaired) electrons. The molecule has 3 aromatic rings. The summed E-state index contributed by atoms with van der Waals surface area (Å²) in [5, 5.41) is 3.27. The average Bonchev–Trinajstić information content (AvgIpc) is 3.38. The van der Waals surface area contributed by atoms with E-state index in [9.17, 15) is 22.8 Å². The van der Waals surface area contributed by atoms with E-state index in [0.29, 0.717) is 39.2 Å². The molecular weight excluding hydrogens is 479 g/mol. The highest BCUT2D eigenvalue weighted by Crippen LogP contribution is 2.44. The molecule has 4 heterocycles. The van der Waals surface area contributed by atoms with Crippen molar-refractivity contribution >= 4 is 33.4 Å². The van der Waals surface area contributed by atoms with Gasteiger partial charge in [0.05, 0.1) is 22.3 Å². The molecule has 2 saturated heterocycles. The summed E-state index contributed by atoms with van der Waals surface area (Å²) in [7, 11) is 0. The second kappa shape index (κ2) is 9.23. The molecule has 2 amide bonds. The fourth-order valence-corrected chi connectivity index (χ4v) is 5.74. The van der Waals surface area contributed by atoms with Crippen LogP contribution in [0.25, 0.3) is 21.3 Å². The van der Waals surface area contributed by atoms with Crippen LogP contribution in [0.4, 0.5) is 13.2 Å². The first kappa shape index (κ1) is 23.7. The summed E-state index contributed by atoms with van der Waals surface area (Å²) in [6.07, 6.45) is -0.932. The van der Waals surface area contributed by atoms with Crippen LogP contribution < -0.4 is 10.1 Å². The van der Waals surface area contributed by atoms with Crippen molar-refractivity contribution in [3.8, 4) is 16.9 Å². The fraction of sp³-hybridized carbons (Fsp3) is 0.400. The highest BCUT2D eigenvalue weighted by Gasteiger charge is 2.33. The topological polar surface area (TPSA) is 71.5 Å². The second-order valence-corrected chi connectivity index (χ2v) is 10.0. The van der Waals surface area contributed by atoms with Gasteiger partial charge in [0.1, 0.15) is 11.9 Å². The Morgan fingerprint density at radius 2 is 1.94 bits per heavy atom. The number of nitrogens with one attached hydrogen (secondary N) is 1. The van der Waals surface area contributed by atoms with Gasteiger partial charge in [-0.25, -0.2) is 0 Å². The minimum absolute atomic E-state index is 0.136. The van der Waals surface area contributed by atoms with Gasteiger partial charge in [0.25, 0.3) is 0 Å². The number of piperidine rings is 1. The molecule has 1 unspecified atom stereocenters. The first-order chi connectivity index (χ1) is 16.7. The molecule has 10 heteroatoms. The number of imide groups is 1. The molecule has 0 saturated carbocycles. The van der Waals surface area contributed by atoms with Crippen LogP contribution in [-0.2, 0) is 22.3 Å². The van der Waals surface area contributed by atoms with E-state index in [2.05, 4.69) is 10.3 Å². The third-order valence-electron chi connectivity index (χ3n) is 6.36. The monoisotopic (exact) mass is 503 g/mol. The molecule has 1 N–H and O–H groups in total. The lowest BCUT2D eigenvalue weighted by atomic mass is 9.98. The Hall–Kier alpha value is -2.98. The van der Waals surface area contributed by atoms with E-state index < -0.39 is 11.7 Å². The molecular formula is C25H24F3N3O3S. The summed E-state index contributed by atoms with van der Waals surface area (Å²) in [5.41, 5.74) is 1.21. The summed E-state index contributed by atoms with van der Waals surface area (Å²) >= 11 is 1.33. The number of aryl methyl sites for hydroxylation is 1. The molecule has 2 aliphatic rings. The maximum Gasteiger partial charge on any atom is 0.416 e. The smallest absolute Gasteiger partial charge is 0.416 e. The number of carbonyl (C=O) groups is 2. The Balaban J connectivity index is 1.60. The number of amides is 2. The number of halogens is 3. The van der Waals surface area contributed by atoms with E-state index in [1.807, 2.05) is 0 Å². The van der Waals surface area contributed by atoms with Crippen molar-refractivity contribution in [1.82, 2.24) is 15.2 Å². The third-order valence-corrected chi connectivity index (χ3v) is 7.50. The zero-order chi connectivity index (χ0) is 24.7. The van der Waals surface area contributed by atoms with Crippen LogP contribution in [0.15, 0.2) is 30.5 Å². The number of fused-ring (bicyclic) bond motifs is 1. The summed E-state index contributed by atoms with van der Waals surface area (Å²) in [6.45, 7) is 3.29. The van der Waals surface area contributed by atoms with Gasteiger partial charge >= 0.3 is 6.18 Å². The quantitative estimate of drug-likeness (QED) is 0.493. The number of nitrogens with zero attached hydrogens (tertiary/aromatic N) is 2. The van der Waals surface area contributed by atoms with Gasteiger partial charge in [-0.15, -0.1) is 11.3 Å². The summed E-state index contributed by atoms with van der Waals surface area (Å²) < 4.78 is 48.2. The Bertz CT molecular complexity index is 1280. The van der Waals surface area contributed by atoms with Crippen LogP contribution in [0.2, 0.25) is 0 Å². The van der Waals surface area contributed by atoms with Crippen molar-refractivity contribution in [3.63, 3.8) is 0 Å². The molecule has 1 aromatic carbocycles. The van der Waals surface area contributed by atoms with Crippen LogP contribution >= 0.6 is 11.3 Å². The standard InChI is InChI=1S/C25H24F3N3O3S/c1-14-9-15(25(26,27)28)10-19(23(14)34-16-3-2-7-29-12-16)18-6-8-30-20-11-17(35-24(18)20)13-31-21(32)4-5-22(31)33/h6,8-11,16,29H,2-5,7,12-13H2,1H3. The molecule has 0 bridgehead atoms. The molecule has 5 rings (SSSR count). The number of ether oxygens (including phenoxy) is 1. The molecule has 35 heavy (non-hydrogen) atoms. The second-order valence-electron chi connectivity index (χ2n) is 8.91. The SMILES string of the molecule is Cc1cc(C(F)(F)F)cc(-c2ccnc3cc(CN4C(=O)CCC4=O)sc23)c1OC1CCCNC1. The highest BCUT2D eigenvalue weighted by molar-refractivity contribution is 7.19. The maximum absolute atomic E-state index is 13.7. The predicted octanol–water partition coefficient (Wildman–Crippen LogP) is 5.07. The van der Waals surface area contributed by atoms with Crippen molar-refractivity contribution in [1.29, 1.82) is 0 Å². The summed E-state index contributed by atoms with van der Waals surface area (Å²) in [6, 6.07) is 5.74. The van der Waals surface area contributed by atoms with E-state index in [1.54, 1.807) is 25.3 Å². The number of rotatable bonds is 5. The van der Waals surface area contributed by atoms with Crippen LogP contribution in [0.3, 0.4) is 0 Å². The number of benzene rings is 1. The van der Waals surface area contributed by atoms with Gasteiger partial charge in [-0.3, -0.25) is 19.5 Å². The van der Waals surface area contributed by atoms with E-state index in [4.69, 9.17) is 4.74 Å². The summed E-state index contributed by atoms with van der Waals surface area (Å²) in [5.74, 6) is -0.00381. The van der Waals surface area contributed by atoms with Gasteiger partial charge in [-0.05, 0) is 56.1 Å². The largest absolute Gasteiger partial charge is 0.488 e. The van der Waals surface area contributed by atoms with Crippen molar-refractivity contribution in [2.45, 2.75) is 51.4 Å². The number of hydrogen-bond acceptors (Lipinski definition) is 6. The van der Waals surface area contributed by atoms with E-state index in [0.717, 1.165) is 36.4 Å². The van der Waals surface area contributed by atoms with Gasteiger partial charge in [0, 0.05) is 41.6 Å². The van der Waals surface area contributed by atoms with E-state index in [1.165, 1.54) is 16.2 Å². The Morgan fingerprint density at radius 1 is 1.17 bits per heavy atom. The van der Waals surface area contributed by atoms with Crippen LogP contribution in [-0.4, -0.2) is 40.9 Å². The number of likely N-dealkylation sites (tertiary alicyclic amines) is 1.